The highest BCUT2D eigenvalue weighted by Crippen LogP contribution is 2.29. The summed E-state index contributed by atoms with van der Waals surface area (Å²) >= 11 is 0. The molecule has 0 unspecified atom stereocenters. The number of rotatable bonds is 6. The van der Waals surface area contributed by atoms with Gasteiger partial charge in [0.15, 0.2) is 0 Å². The smallest absolute Gasteiger partial charge is 0.242 e. The molecule has 7 heteroatoms. The number of hydrogen-bond donors (Lipinski definition) is 2. The van der Waals surface area contributed by atoms with Gasteiger partial charge in [-0.2, -0.15) is 0 Å². The van der Waals surface area contributed by atoms with Crippen LogP contribution in [0.5, 0.6) is 0 Å². The van der Waals surface area contributed by atoms with E-state index in [1.54, 1.807) is 12.1 Å². The molecule has 150 valence electrons. The second kappa shape index (κ2) is 8.43. The fourth-order valence-electron chi connectivity index (χ4n) is 3.50. The van der Waals surface area contributed by atoms with Crippen molar-refractivity contribution in [1.82, 2.24) is 9.62 Å². The Bertz CT molecular complexity index is 957. The fourth-order valence-corrected chi connectivity index (χ4v) is 4.45. The highest BCUT2D eigenvalue weighted by atomic mass is 32.2. The molecular weight excluding hydrogens is 374 g/mol. The lowest BCUT2D eigenvalue weighted by atomic mass is 9.87. The van der Waals surface area contributed by atoms with E-state index in [0.717, 1.165) is 23.6 Å². The van der Waals surface area contributed by atoms with Crippen LogP contribution in [0.3, 0.4) is 0 Å². The van der Waals surface area contributed by atoms with Crippen LogP contribution in [0.2, 0.25) is 0 Å². The number of carbonyl (C=O) groups is 1. The normalized spacial score (nSPS) is 17.8. The molecule has 1 amide bonds. The van der Waals surface area contributed by atoms with Crippen molar-refractivity contribution in [2.75, 3.05) is 19.4 Å². The minimum Gasteiger partial charge on any atom is -0.325 e. The Kier molecular flexibility index (Phi) is 6.17. The van der Waals surface area contributed by atoms with E-state index in [4.69, 9.17) is 0 Å². The Balaban J connectivity index is 1.69. The van der Waals surface area contributed by atoms with Gasteiger partial charge < -0.3 is 5.32 Å². The number of aryl methyl sites for hydroxylation is 1. The van der Waals surface area contributed by atoms with Gasteiger partial charge in [-0.15, -0.1) is 0 Å². The van der Waals surface area contributed by atoms with Gasteiger partial charge in [0, 0.05) is 25.8 Å². The van der Waals surface area contributed by atoms with Crippen molar-refractivity contribution in [1.29, 1.82) is 0 Å². The van der Waals surface area contributed by atoms with E-state index in [9.17, 15) is 13.2 Å². The van der Waals surface area contributed by atoms with Crippen molar-refractivity contribution < 1.29 is 13.2 Å². The Morgan fingerprint density at radius 2 is 1.89 bits per heavy atom. The standard InChI is InChI=1S/C21H27N3O3S/c1-15(22-20-13-6-9-16-8-4-5-12-19(16)20)21(25)23-17-10-7-11-18(14-17)28(26,27)24(2)3/h4-5,7-8,10-12,14-15,20,22H,6,9,13H2,1-3H3,(H,23,25)/t15-,20+/m1/s1. The number of anilines is 1. The van der Waals surface area contributed by atoms with E-state index in [1.165, 1.54) is 37.4 Å². The second-order valence-electron chi connectivity index (χ2n) is 7.34. The zero-order valence-electron chi connectivity index (χ0n) is 16.5. The summed E-state index contributed by atoms with van der Waals surface area (Å²) in [6.07, 6.45) is 3.15. The van der Waals surface area contributed by atoms with Crippen molar-refractivity contribution in [3.63, 3.8) is 0 Å². The Morgan fingerprint density at radius 3 is 2.64 bits per heavy atom. The van der Waals surface area contributed by atoms with Crippen LogP contribution in [0.15, 0.2) is 53.4 Å². The first-order chi connectivity index (χ1) is 13.3. The number of nitrogens with one attached hydrogen (secondary N) is 2. The first-order valence-corrected chi connectivity index (χ1v) is 10.9. The fraction of sp³-hybridized carbons (Fsp3) is 0.381. The number of nitrogens with zero attached hydrogens (tertiary/aromatic N) is 1. The summed E-state index contributed by atoms with van der Waals surface area (Å²) in [6.45, 7) is 1.83. The molecule has 2 atom stereocenters. The van der Waals surface area contributed by atoms with Crippen molar-refractivity contribution in [2.45, 2.75) is 43.2 Å². The number of hydrogen-bond acceptors (Lipinski definition) is 4. The van der Waals surface area contributed by atoms with Crippen molar-refractivity contribution in [2.24, 2.45) is 0 Å². The number of sulfonamides is 1. The van der Waals surface area contributed by atoms with Crippen LogP contribution in [0.1, 0.15) is 36.9 Å². The third-order valence-electron chi connectivity index (χ3n) is 5.09. The Hall–Kier alpha value is -2.22. The van der Waals surface area contributed by atoms with Crippen LogP contribution < -0.4 is 10.6 Å². The topological polar surface area (TPSA) is 78.5 Å². The highest BCUT2D eigenvalue weighted by molar-refractivity contribution is 7.89. The maximum Gasteiger partial charge on any atom is 0.242 e. The zero-order chi connectivity index (χ0) is 20.3. The largest absolute Gasteiger partial charge is 0.325 e. The van der Waals surface area contributed by atoms with Gasteiger partial charge in [-0.25, -0.2) is 12.7 Å². The summed E-state index contributed by atoms with van der Waals surface area (Å²) in [4.78, 5) is 12.8. The third-order valence-corrected chi connectivity index (χ3v) is 6.91. The first kappa shape index (κ1) is 20.5. The number of fused-ring (bicyclic) bond motifs is 1. The van der Waals surface area contributed by atoms with Gasteiger partial charge in [0.2, 0.25) is 15.9 Å². The molecule has 0 heterocycles. The third kappa shape index (κ3) is 4.43. The monoisotopic (exact) mass is 401 g/mol. The molecule has 2 N–H and O–H groups in total. The van der Waals surface area contributed by atoms with Gasteiger partial charge in [-0.1, -0.05) is 30.3 Å². The molecule has 3 rings (SSSR count). The average molecular weight is 402 g/mol. The summed E-state index contributed by atoms with van der Waals surface area (Å²) in [6, 6.07) is 14.4. The average Bonchev–Trinajstić information content (AvgIpc) is 2.68. The molecule has 1 aliphatic carbocycles. The molecule has 2 aromatic rings. The molecule has 28 heavy (non-hydrogen) atoms. The maximum atomic E-state index is 12.7. The summed E-state index contributed by atoms with van der Waals surface area (Å²) in [5.41, 5.74) is 3.05. The zero-order valence-corrected chi connectivity index (χ0v) is 17.3. The molecule has 2 aromatic carbocycles. The molecule has 0 saturated carbocycles. The van der Waals surface area contributed by atoms with Crippen LogP contribution in [-0.2, 0) is 21.2 Å². The van der Waals surface area contributed by atoms with Gasteiger partial charge in [0.05, 0.1) is 10.9 Å². The van der Waals surface area contributed by atoms with E-state index in [-0.39, 0.29) is 16.8 Å². The van der Waals surface area contributed by atoms with Crippen LogP contribution in [-0.4, -0.2) is 38.8 Å². The number of benzene rings is 2. The van der Waals surface area contributed by atoms with Gasteiger partial charge in [0.25, 0.3) is 0 Å². The molecule has 0 fully saturated rings. The van der Waals surface area contributed by atoms with Gasteiger partial charge in [-0.05, 0) is 55.5 Å². The summed E-state index contributed by atoms with van der Waals surface area (Å²) in [5, 5.41) is 6.24. The summed E-state index contributed by atoms with van der Waals surface area (Å²) in [5.74, 6) is -0.192. The minimum atomic E-state index is -3.55. The van der Waals surface area contributed by atoms with E-state index in [1.807, 2.05) is 19.1 Å². The molecule has 0 bridgehead atoms. The summed E-state index contributed by atoms with van der Waals surface area (Å²) in [7, 11) is -0.584. The molecule has 0 aromatic heterocycles. The lowest BCUT2D eigenvalue weighted by Crippen LogP contribution is -2.41. The molecule has 0 aliphatic heterocycles. The Morgan fingerprint density at radius 1 is 1.14 bits per heavy atom. The van der Waals surface area contributed by atoms with E-state index in [0.29, 0.717) is 5.69 Å². The first-order valence-electron chi connectivity index (χ1n) is 9.46. The molecule has 0 saturated heterocycles. The van der Waals surface area contributed by atoms with Crippen LogP contribution in [0, 0.1) is 0 Å². The maximum absolute atomic E-state index is 12.7. The van der Waals surface area contributed by atoms with Gasteiger partial charge >= 0.3 is 0 Å². The van der Waals surface area contributed by atoms with Gasteiger partial charge in [-0.3, -0.25) is 10.1 Å². The number of carbonyl (C=O) groups excluding carboxylic acids is 1. The molecule has 1 aliphatic rings. The van der Waals surface area contributed by atoms with E-state index >= 15 is 0 Å². The molecule has 0 spiro atoms. The SMILES string of the molecule is C[C@@H](N[C@H]1CCCc2ccccc21)C(=O)Nc1cccc(S(=O)(=O)N(C)C)c1. The molecule has 6 nitrogen and oxygen atoms in total. The highest BCUT2D eigenvalue weighted by Gasteiger charge is 2.24. The predicted molar refractivity (Wildman–Crippen MR) is 111 cm³/mol. The summed E-state index contributed by atoms with van der Waals surface area (Å²) < 4.78 is 25.7. The van der Waals surface area contributed by atoms with Crippen molar-refractivity contribution in [3.05, 3.63) is 59.7 Å². The van der Waals surface area contributed by atoms with Gasteiger partial charge in [0.1, 0.15) is 0 Å². The predicted octanol–water partition coefficient (Wildman–Crippen LogP) is 2.93. The molecule has 0 radical (unpaired) electrons. The van der Waals surface area contributed by atoms with E-state index < -0.39 is 16.1 Å². The lowest BCUT2D eigenvalue weighted by Gasteiger charge is -2.29. The van der Waals surface area contributed by atoms with Crippen molar-refractivity contribution in [3.8, 4) is 0 Å². The second-order valence-corrected chi connectivity index (χ2v) is 9.49. The van der Waals surface area contributed by atoms with Crippen LogP contribution >= 0.6 is 0 Å². The Labute approximate surface area is 167 Å². The van der Waals surface area contributed by atoms with Crippen LogP contribution in [0.4, 0.5) is 5.69 Å². The van der Waals surface area contributed by atoms with Crippen LogP contribution in [0.25, 0.3) is 0 Å². The van der Waals surface area contributed by atoms with E-state index in [2.05, 4.69) is 22.8 Å². The quantitative estimate of drug-likeness (QED) is 0.780. The minimum absolute atomic E-state index is 0.145. The number of amides is 1. The van der Waals surface area contributed by atoms with Crippen molar-refractivity contribution >= 4 is 21.6 Å². The lowest BCUT2D eigenvalue weighted by molar-refractivity contribution is -0.118. The molecular formula is C21H27N3O3S.